The molecule has 0 spiro atoms. The van der Waals surface area contributed by atoms with Gasteiger partial charge in [-0.15, -0.1) is 0 Å². The van der Waals surface area contributed by atoms with E-state index in [1.165, 1.54) is 25.1 Å². The van der Waals surface area contributed by atoms with Crippen LogP contribution in [0.2, 0.25) is 0 Å². The third-order valence-electron chi connectivity index (χ3n) is 1.43. The molecule has 4 heteroatoms. The van der Waals surface area contributed by atoms with Gasteiger partial charge in [-0.25, -0.2) is 13.2 Å². The van der Waals surface area contributed by atoms with Crippen molar-refractivity contribution in [2.24, 2.45) is 4.99 Å². The first-order valence-corrected chi connectivity index (χ1v) is 3.68. The molecule has 0 N–H and O–H groups in total. The van der Waals surface area contributed by atoms with E-state index in [2.05, 4.69) is 4.99 Å². The van der Waals surface area contributed by atoms with Crippen molar-refractivity contribution in [2.45, 2.75) is 13.3 Å². The number of aliphatic imine (C=N–C) groups is 1. The smallest absolute Gasteiger partial charge is 0.252 e. The van der Waals surface area contributed by atoms with E-state index in [0.717, 1.165) is 6.07 Å². The predicted molar refractivity (Wildman–Crippen MR) is 45.2 cm³/mol. The van der Waals surface area contributed by atoms with Gasteiger partial charge in [0.15, 0.2) is 0 Å². The van der Waals surface area contributed by atoms with Crippen molar-refractivity contribution in [2.75, 3.05) is 0 Å². The van der Waals surface area contributed by atoms with E-state index in [-0.39, 0.29) is 11.4 Å². The first kappa shape index (κ1) is 9.77. The topological polar surface area (TPSA) is 12.4 Å². The molecule has 0 saturated carbocycles. The van der Waals surface area contributed by atoms with Crippen molar-refractivity contribution >= 4 is 11.4 Å². The molecule has 1 rings (SSSR count). The molecule has 1 aromatic carbocycles. The summed E-state index contributed by atoms with van der Waals surface area (Å²) < 4.78 is 36.5. The van der Waals surface area contributed by atoms with E-state index in [9.17, 15) is 13.2 Å². The summed E-state index contributed by atoms with van der Waals surface area (Å²) in [5.41, 5.74) is -0.108. The molecule has 1 aromatic rings. The number of halogens is 3. The summed E-state index contributed by atoms with van der Waals surface area (Å²) in [6.07, 6.45) is -2.59. The molecule has 0 heterocycles. The Morgan fingerprint density at radius 2 is 2.08 bits per heavy atom. The second-order valence-electron chi connectivity index (χ2n) is 2.53. The highest BCUT2D eigenvalue weighted by Crippen LogP contribution is 2.14. The van der Waals surface area contributed by atoms with Crippen molar-refractivity contribution in [1.29, 1.82) is 0 Å². The number of hydrogen-bond acceptors (Lipinski definition) is 1. The van der Waals surface area contributed by atoms with Gasteiger partial charge >= 0.3 is 0 Å². The molecule has 0 aliphatic rings. The summed E-state index contributed by atoms with van der Waals surface area (Å²) in [4.78, 5) is 3.55. The Bertz CT molecular complexity index is 320. The Morgan fingerprint density at radius 1 is 1.38 bits per heavy atom. The van der Waals surface area contributed by atoms with E-state index in [0.29, 0.717) is 0 Å². The molecule has 0 aliphatic heterocycles. The summed E-state index contributed by atoms with van der Waals surface area (Å²) >= 11 is 0. The quantitative estimate of drug-likeness (QED) is 0.630. The summed E-state index contributed by atoms with van der Waals surface area (Å²) in [6.45, 7) is 1.20. The van der Waals surface area contributed by atoms with Crippen LogP contribution in [0.5, 0.6) is 0 Å². The zero-order chi connectivity index (χ0) is 9.84. The molecule has 0 radical (unpaired) electrons. The fourth-order valence-corrected chi connectivity index (χ4v) is 0.798. The SMILES string of the molecule is CC(=Nc1cccc(F)c1)C(F)F. The average Bonchev–Trinajstić information content (AvgIpc) is 2.04. The molecule has 0 unspecified atom stereocenters. The second-order valence-corrected chi connectivity index (χ2v) is 2.53. The first-order valence-electron chi connectivity index (χ1n) is 3.68. The van der Waals surface area contributed by atoms with Crippen molar-refractivity contribution in [1.82, 2.24) is 0 Å². The molecule has 13 heavy (non-hydrogen) atoms. The van der Waals surface area contributed by atoms with Gasteiger partial charge in [0.25, 0.3) is 6.43 Å². The molecule has 0 saturated heterocycles. The Morgan fingerprint density at radius 3 is 2.62 bits per heavy atom. The fourth-order valence-electron chi connectivity index (χ4n) is 0.798. The zero-order valence-electron chi connectivity index (χ0n) is 6.97. The Kier molecular flexibility index (Phi) is 3.06. The van der Waals surface area contributed by atoms with E-state index in [4.69, 9.17) is 0 Å². The second kappa shape index (κ2) is 4.07. The Labute approximate surface area is 73.9 Å². The summed E-state index contributed by atoms with van der Waals surface area (Å²) in [7, 11) is 0. The first-order chi connectivity index (χ1) is 6.09. The Hall–Kier alpha value is -1.32. The Balaban J connectivity index is 2.91. The fraction of sp³-hybridized carbons (Fsp3) is 0.222. The molecular formula is C9H8F3N. The largest absolute Gasteiger partial charge is 0.276 e. The van der Waals surface area contributed by atoms with Crippen LogP contribution in [0.15, 0.2) is 29.3 Å². The number of benzene rings is 1. The highest BCUT2D eigenvalue weighted by atomic mass is 19.3. The van der Waals surface area contributed by atoms with Gasteiger partial charge in [0.2, 0.25) is 0 Å². The molecule has 0 bridgehead atoms. The van der Waals surface area contributed by atoms with Crippen molar-refractivity contribution < 1.29 is 13.2 Å². The minimum Gasteiger partial charge on any atom is -0.252 e. The van der Waals surface area contributed by atoms with E-state index in [1.54, 1.807) is 0 Å². The third-order valence-corrected chi connectivity index (χ3v) is 1.43. The molecular weight excluding hydrogens is 179 g/mol. The van der Waals surface area contributed by atoms with Gasteiger partial charge in [-0.1, -0.05) is 6.07 Å². The summed E-state index contributed by atoms with van der Waals surface area (Å²) in [6, 6.07) is 5.23. The third kappa shape index (κ3) is 2.89. The van der Waals surface area contributed by atoms with Crippen LogP contribution in [0.4, 0.5) is 18.9 Å². The molecule has 1 nitrogen and oxygen atoms in total. The van der Waals surface area contributed by atoms with Gasteiger partial charge in [-0.3, -0.25) is 4.99 Å². The molecule has 0 amide bonds. The summed E-state index contributed by atoms with van der Waals surface area (Å²) in [5.74, 6) is -0.483. The van der Waals surface area contributed by atoms with E-state index < -0.39 is 12.2 Å². The maximum Gasteiger partial charge on any atom is 0.276 e. The van der Waals surface area contributed by atoms with Crippen LogP contribution >= 0.6 is 0 Å². The van der Waals surface area contributed by atoms with Crippen LogP contribution in [0, 0.1) is 5.82 Å². The van der Waals surface area contributed by atoms with Crippen molar-refractivity contribution in [3.05, 3.63) is 30.1 Å². The number of alkyl halides is 2. The van der Waals surface area contributed by atoms with Crippen molar-refractivity contribution in [3.8, 4) is 0 Å². The predicted octanol–water partition coefficient (Wildman–Crippen LogP) is 3.18. The normalized spacial score (nSPS) is 12.2. The lowest BCUT2D eigenvalue weighted by molar-refractivity contribution is 0.225. The highest BCUT2D eigenvalue weighted by Gasteiger charge is 2.06. The number of rotatable bonds is 2. The number of nitrogens with zero attached hydrogens (tertiary/aromatic N) is 1. The lowest BCUT2D eigenvalue weighted by Crippen LogP contribution is -2.03. The minimum absolute atomic E-state index is 0.206. The lowest BCUT2D eigenvalue weighted by Gasteiger charge is -1.98. The van der Waals surface area contributed by atoms with Crippen LogP contribution in [0.1, 0.15) is 6.92 Å². The summed E-state index contributed by atoms with van der Waals surface area (Å²) in [5, 5.41) is 0. The zero-order valence-corrected chi connectivity index (χ0v) is 6.97. The van der Waals surface area contributed by atoms with Crippen LogP contribution in [-0.2, 0) is 0 Å². The standard InChI is InChI=1S/C9H8F3N/c1-6(9(11)12)13-8-4-2-3-7(10)5-8/h2-5,9H,1H3. The van der Waals surface area contributed by atoms with Crippen LogP contribution in [0.3, 0.4) is 0 Å². The van der Waals surface area contributed by atoms with E-state index >= 15 is 0 Å². The molecule has 0 aromatic heterocycles. The highest BCUT2D eigenvalue weighted by molar-refractivity contribution is 5.87. The van der Waals surface area contributed by atoms with Gasteiger partial charge in [-0.05, 0) is 25.1 Å². The molecule has 70 valence electrons. The average molecular weight is 187 g/mol. The minimum atomic E-state index is -2.59. The van der Waals surface area contributed by atoms with Gasteiger partial charge in [0.1, 0.15) is 5.82 Å². The molecule has 0 atom stereocenters. The van der Waals surface area contributed by atoms with Gasteiger partial charge in [0, 0.05) is 0 Å². The molecule has 0 fully saturated rings. The van der Waals surface area contributed by atoms with Crippen LogP contribution in [0.25, 0.3) is 0 Å². The van der Waals surface area contributed by atoms with Crippen LogP contribution in [-0.4, -0.2) is 12.1 Å². The van der Waals surface area contributed by atoms with Crippen molar-refractivity contribution in [3.63, 3.8) is 0 Å². The maximum atomic E-state index is 12.6. The van der Waals surface area contributed by atoms with E-state index in [1.807, 2.05) is 0 Å². The molecule has 0 aliphatic carbocycles. The lowest BCUT2D eigenvalue weighted by atomic mass is 10.3. The maximum absolute atomic E-state index is 12.6. The van der Waals surface area contributed by atoms with Crippen LogP contribution < -0.4 is 0 Å². The van der Waals surface area contributed by atoms with Gasteiger partial charge in [0.05, 0.1) is 11.4 Å². The van der Waals surface area contributed by atoms with Gasteiger partial charge < -0.3 is 0 Å². The van der Waals surface area contributed by atoms with Gasteiger partial charge in [-0.2, -0.15) is 0 Å². The number of hydrogen-bond donors (Lipinski definition) is 0. The monoisotopic (exact) mass is 187 g/mol.